The minimum absolute atomic E-state index is 0.0996. The number of hydrogen-bond acceptors (Lipinski definition) is 7. The number of anilines is 1. The summed E-state index contributed by atoms with van der Waals surface area (Å²) in [6.07, 6.45) is 0. The van der Waals surface area contributed by atoms with E-state index in [9.17, 15) is 22.4 Å². The maximum absolute atomic E-state index is 13.1. The number of carbonyl (C=O) groups is 2. The SMILES string of the molecule is CCOC(=O)Cn1c(=NC(=O)c2ccc(NS(=O)(=O)c3ccc(F)cc3)cc2)sc2cc(OCC)ccc21. The molecule has 38 heavy (non-hydrogen) atoms. The molecule has 0 spiro atoms. The van der Waals surface area contributed by atoms with Crippen LogP contribution >= 0.6 is 11.3 Å². The summed E-state index contributed by atoms with van der Waals surface area (Å²) in [6.45, 7) is 4.17. The first-order valence-electron chi connectivity index (χ1n) is 11.6. The van der Waals surface area contributed by atoms with Crippen molar-refractivity contribution >= 4 is 49.1 Å². The van der Waals surface area contributed by atoms with E-state index in [1.54, 1.807) is 23.6 Å². The second-order valence-corrected chi connectivity index (χ2v) is 10.6. The van der Waals surface area contributed by atoms with E-state index < -0.39 is 27.7 Å². The van der Waals surface area contributed by atoms with E-state index in [1.165, 1.54) is 35.6 Å². The topological polar surface area (TPSA) is 116 Å². The summed E-state index contributed by atoms with van der Waals surface area (Å²) < 4.78 is 53.6. The van der Waals surface area contributed by atoms with E-state index in [1.807, 2.05) is 13.0 Å². The largest absolute Gasteiger partial charge is 0.494 e. The number of fused-ring (bicyclic) bond motifs is 1. The number of amides is 1. The van der Waals surface area contributed by atoms with Crippen molar-refractivity contribution in [3.8, 4) is 5.75 Å². The molecule has 9 nitrogen and oxygen atoms in total. The van der Waals surface area contributed by atoms with Crippen LogP contribution in [0.5, 0.6) is 5.75 Å². The van der Waals surface area contributed by atoms with Gasteiger partial charge in [0.2, 0.25) is 0 Å². The lowest BCUT2D eigenvalue weighted by Gasteiger charge is -2.08. The van der Waals surface area contributed by atoms with Gasteiger partial charge in [-0.2, -0.15) is 4.99 Å². The number of hydrogen-bond donors (Lipinski definition) is 1. The van der Waals surface area contributed by atoms with Crippen LogP contribution in [0.15, 0.2) is 76.6 Å². The lowest BCUT2D eigenvalue weighted by molar-refractivity contribution is -0.143. The second-order valence-electron chi connectivity index (χ2n) is 7.89. The molecule has 4 rings (SSSR count). The molecule has 0 aliphatic heterocycles. The third-order valence-corrected chi connectivity index (χ3v) is 7.70. The molecular weight excluding hydrogens is 533 g/mol. The van der Waals surface area contributed by atoms with Crippen molar-refractivity contribution < 1.29 is 31.9 Å². The molecule has 0 aliphatic rings. The molecule has 198 valence electrons. The highest BCUT2D eigenvalue weighted by atomic mass is 32.2. The number of rotatable bonds is 9. The fourth-order valence-corrected chi connectivity index (χ4v) is 5.66. The number of thiazole rings is 1. The molecule has 0 saturated carbocycles. The van der Waals surface area contributed by atoms with Gasteiger partial charge in [-0.25, -0.2) is 12.8 Å². The molecule has 0 atom stereocenters. The molecule has 0 saturated heterocycles. The van der Waals surface area contributed by atoms with Crippen LogP contribution in [-0.4, -0.2) is 38.1 Å². The molecule has 0 unspecified atom stereocenters. The Morgan fingerprint density at radius 2 is 1.71 bits per heavy atom. The third kappa shape index (κ3) is 6.26. The Balaban J connectivity index is 1.62. The first kappa shape index (κ1) is 27.0. The van der Waals surface area contributed by atoms with Crippen molar-refractivity contribution in [3.05, 3.63) is 82.9 Å². The van der Waals surface area contributed by atoms with Gasteiger partial charge in [0.15, 0.2) is 4.80 Å². The zero-order chi connectivity index (χ0) is 27.3. The maximum Gasteiger partial charge on any atom is 0.326 e. The number of nitrogens with one attached hydrogen (secondary N) is 1. The Kier molecular flexibility index (Phi) is 8.23. The van der Waals surface area contributed by atoms with Crippen molar-refractivity contribution in [2.75, 3.05) is 17.9 Å². The summed E-state index contributed by atoms with van der Waals surface area (Å²) >= 11 is 1.23. The molecule has 3 aromatic carbocycles. The van der Waals surface area contributed by atoms with E-state index in [0.29, 0.717) is 22.7 Å². The van der Waals surface area contributed by atoms with Crippen LogP contribution in [0.3, 0.4) is 0 Å². The number of halogens is 1. The normalized spacial score (nSPS) is 11.9. The summed E-state index contributed by atoms with van der Waals surface area (Å²) in [6, 6.07) is 15.5. The van der Waals surface area contributed by atoms with Gasteiger partial charge in [-0.05, 0) is 80.6 Å². The van der Waals surface area contributed by atoms with Crippen molar-refractivity contribution in [3.63, 3.8) is 0 Å². The summed E-state index contributed by atoms with van der Waals surface area (Å²) in [4.78, 5) is 29.7. The van der Waals surface area contributed by atoms with Gasteiger partial charge in [-0.15, -0.1) is 0 Å². The molecule has 12 heteroatoms. The Labute approximate surface area is 222 Å². The highest BCUT2D eigenvalue weighted by molar-refractivity contribution is 7.92. The fourth-order valence-electron chi connectivity index (χ4n) is 3.54. The van der Waals surface area contributed by atoms with Gasteiger partial charge >= 0.3 is 5.97 Å². The van der Waals surface area contributed by atoms with Gasteiger partial charge in [-0.3, -0.25) is 14.3 Å². The second kappa shape index (κ2) is 11.6. The van der Waals surface area contributed by atoms with Gasteiger partial charge in [0.25, 0.3) is 15.9 Å². The molecule has 1 aromatic heterocycles. The quantitative estimate of drug-likeness (QED) is 0.306. The lowest BCUT2D eigenvalue weighted by atomic mass is 10.2. The van der Waals surface area contributed by atoms with Crippen molar-refractivity contribution in [2.45, 2.75) is 25.3 Å². The van der Waals surface area contributed by atoms with E-state index in [0.717, 1.165) is 29.0 Å². The summed E-state index contributed by atoms with van der Waals surface area (Å²) in [5, 5.41) is 0. The van der Waals surface area contributed by atoms with Crippen LogP contribution in [0.1, 0.15) is 24.2 Å². The first-order chi connectivity index (χ1) is 18.2. The Morgan fingerprint density at radius 1 is 1.00 bits per heavy atom. The number of carbonyl (C=O) groups excluding carboxylic acids is 2. The summed E-state index contributed by atoms with van der Waals surface area (Å²) in [5.41, 5.74) is 1.13. The average molecular weight is 558 g/mol. The predicted octanol–water partition coefficient (Wildman–Crippen LogP) is 4.35. The Hall–Kier alpha value is -4.03. The number of ether oxygens (including phenoxy) is 2. The number of esters is 1. The van der Waals surface area contributed by atoms with Crippen molar-refractivity contribution in [1.29, 1.82) is 0 Å². The number of aromatic nitrogens is 1. The molecule has 0 bridgehead atoms. The lowest BCUT2D eigenvalue weighted by Crippen LogP contribution is -2.23. The van der Waals surface area contributed by atoms with Crippen LogP contribution < -0.4 is 14.3 Å². The minimum atomic E-state index is -3.94. The summed E-state index contributed by atoms with van der Waals surface area (Å²) in [7, 11) is -3.94. The highest BCUT2D eigenvalue weighted by Crippen LogP contribution is 2.24. The maximum atomic E-state index is 13.1. The molecule has 1 amide bonds. The highest BCUT2D eigenvalue weighted by Gasteiger charge is 2.16. The Bertz CT molecular complexity index is 1640. The van der Waals surface area contributed by atoms with Crippen LogP contribution in [0, 0.1) is 5.82 Å². The number of benzene rings is 3. The Morgan fingerprint density at radius 3 is 2.37 bits per heavy atom. The molecule has 0 radical (unpaired) electrons. The molecule has 1 heterocycles. The van der Waals surface area contributed by atoms with Crippen LogP contribution in [0.4, 0.5) is 10.1 Å². The number of nitrogens with zero attached hydrogens (tertiary/aromatic N) is 2. The van der Waals surface area contributed by atoms with Crippen LogP contribution in [-0.2, 0) is 26.1 Å². The first-order valence-corrected chi connectivity index (χ1v) is 13.9. The van der Waals surface area contributed by atoms with Gasteiger partial charge in [0, 0.05) is 11.3 Å². The zero-order valence-corrected chi connectivity index (χ0v) is 22.1. The molecular formula is C26H24FN3O6S2. The van der Waals surface area contributed by atoms with E-state index in [-0.39, 0.29) is 29.3 Å². The predicted molar refractivity (Wildman–Crippen MR) is 141 cm³/mol. The van der Waals surface area contributed by atoms with Gasteiger partial charge in [0.05, 0.1) is 28.3 Å². The van der Waals surface area contributed by atoms with E-state index in [4.69, 9.17) is 9.47 Å². The smallest absolute Gasteiger partial charge is 0.326 e. The average Bonchev–Trinajstić information content (AvgIpc) is 3.20. The third-order valence-electron chi connectivity index (χ3n) is 5.26. The molecule has 0 aliphatic carbocycles. The van der Waals surface area contributed by atoms with Crippen LogP contribution in [0.2, 0.25) is 0 Å². The van der Waals surface area contributed by atoms with Crippen LogP contribution in [0.25, 0.3) is 10.2 Å². The number of sulfonamides is 1. The van der Waals surface area contributed by atoms with Crippen molar-refractivity contribution in [2.24, 2.45) is 4.99 Å². The minimum Gasteiger partial charge on any atom is -0.494 e. The van der Waals surface area contributed by atoms with E-state index in [2.05, 4.69) is 9.71 Å². The van der Waals surface area contributed by atoms with E-state index >= 15 is 0 Å². The monoisotopic (exact) mass is 557 g/mol. The molecule has 4 aromatic rings. The molecule has 0 fully saturated rings. The molecule has 1 N–H and O–H groups in total. The zero-order valence-electron chi connectivity index (χ0n) is 20.5. The van der Waals surface area contributed by atoms with Gasteiger partial charge in [0.1, 0.15) is 18.1 Å². The van der Waals surface area contributed by atoms with Gasteiger partial charge < -0.3 is 14.0 Å². The van der Waals surface area contributed by atoms with Gasteiger partial charge in [-0.1, -0.05) is 11.3 Å². The fraction of sp³-hybridized carbons (Fsp3) is 0.192. The van der Waals surface area contributed by atoms with Crippen molar-refractivity contribution in [1.82, 2.24) is 4.57 Å². The summed E-state index contributed by atoms with van der Waals surface area (Å²) in [5.74, 6) is -0.937. The standard InChI is InChI=1S/C26H24FN3O6S2/c1-3-35-20-11-14-22-23(15-20)37-26(30(22)16-24(31)36-4-2)28-25(32)17-5-9-19(10-6-17)29-38(33,34)21-12-7-18(27)8-13-21/h5-15,29H,3-4,16H2,1-2H3.